The molecule has 0 bridgehead atoms. The van der Waals surface area contributed by atoms with E-state index in [9.17, 15) is 22.8 Å². The Hall–Kier alpha value is -3.20. The average molecular weight is 486 g/mol. The van der Waals surface area contributed by atoms with Crippen LogP contribution < -0.4 is 5.32 Å². The molecule has 2 aromatic rings. The Labute approximate surface area is 201 Å². The highest BCUT2D eigenvalue weighted by atomic mass is 32.2. The Morgan fingerprint density at radius 3 is 2.41 bits per heavy atom. The summed E-state index contributed by atoms with van der Waals surface area (Å²) in [6.07, 6.45) is 0.948. The van der Waals surface area contributed by atoms with Crippen molar-refractivity contribution in [3.05, 3.63) is 65.2 Å². The molecule has 182 valence electrons. The van der Waals surface area contributed by atoms with Crippen molar-refractivity contribution in [3.63, 3.8) is 0 Å². The molecular weight excluding hydrogens is 454 g/mol. The van der Waals surface area contributed by atoms with Crippen LogP contribution in [0.15, 0.2) is 53.4 Å². The molecular formula is C25H31N3O5S. The number of hydrogen-bond donors (Lipinski definition) is 1. The minimum atomic E-state index is -3.91. The second-order valence-electron chi connectivity index (χ2n) is 8.46. The molecule has 0 radical (unpaired) electrons. The van der Waals surface area contributed by atoms with Crippen LogP contribution in [-0.4, -0.2) is 54.5 Å². The summed E-state index contributed by atoms with van der Waals surface area (Å²) in [6, 6.07) is 13.1. The van der Waals surface area contributed by atoms with E-state index in [0.29, 0.717) is 6.54 Å². The first-order valence-corrected chi connectivity index (χ1v) is 12.9. The molecule has 1 N–H and O–H groups in total. The molecule has 0 aliphatic carbocycles. The highest BCUT2D eigenvalue weighted by Crippen LogP contribution is 2.30. The maximum absolute atomic E-state index is 13.2. The summed E-state index contributed by atoms with van der Waals surface area (Å²) >= 11 is 0. The van der Waals surface area contributed by atoms with Crippen molar-refractivity contribution in [2.75, 3.05) is 13.1 Å². The first-order chi connectivity index (χ1) is 16.2. The maximum Gasteiger partial charge on any atom is 0.269 e. The largest absolute Gasteiger partial charge is 0.354 e. The van der Waals surface area contributed by atoms with Gasteiger partial charge in [-0.2, -0.15) is 0 Å². The normalized spacial score (nSPS) is 15.0. The maximum atomic E-state index is 13.2. The number of nitrogens with zero attached hydrogens (tertiary/aromatic N) is 2. The highest BCUT2D eigenvalue weighted by Gasteiger charge is 2.40. The van der Waals surface area contributed by atoms with Crippen molar-refractivity contribution < 1.29 is 22.8 Å². The van der Waals surface area contributed by atoms with Crippen LogP contribution in [0.5, 0.6) is 0 Å². The van der Waals surface area contributed by atoms with Gasteiger partial charge in [0.05, 0.1) is 5.56 Å². The van der Waals surface area contributed by atoms with E-state index in [4.69, 9.17) is 0 Å². The van der Waals surface area contributed by atoms with Crippen LogP contribution in [0.4, 0.5) is 0 Å². The molecule has 1 unspecified atom stereocenters. The third kappa shape index (κ3) is 5.47. The van der Waals surface area contributed by atoms with Crippen LogP contribution >= 0.6 is 0 Å². The van der Waals surface area contributed by atoms with Gasteiger partial charge in [-0.25, -0.2) is 12.7 Å². The molecule has 2 aromatic carbocycles. The van der Waals surface area contributed by atoms with Crippen LogP contribution in [0.1, 0.15) is 54.6 Å². The lowest BCUT2D eigenvalue weighted by Gasteiger charge is -2.29. The van der Waals surface area contributed by atoms with Gasteiger partial charge in [-0.3, -0.25) is 14.4 Å². The monoisotopic (exact) mass is 485 g/mol. The molecule has 0 saturated heterocycles. The van der Waals surface area contributed by atoms with Gasteiger partial charge >= 0.3 is 0 Å². The summed E-state index contributed by atoms with van der Waals surface area (Å²) in [5.41, 5.74) is 2.13. The molecule has 1 heterocycles. The molecule has 1 aliphatic heterocycles. The minimum Gasteiger partial charge on any atom is -0.354 e. The molecule has 0 aromatic heterocycles. The van der Waals surface area contributed by atoms with Gasteiger partial charge in [0.25, 0.3) is 15.9 Å². The first kappa shape index (κ1) is 25.4. The number of amides is 3. The quantitative estimate of drug-likeness (QED) is 0.557. The van der Waals surface area contributed by atoms with Crippen LogP contribution in [-0.2, 0) is 26.2 Å². The van der Waals surface area contributed by atoms with Crippen molar-refractivity contribution in [3.8, 4) is 0 Å². The Balaban J connectivity index is 1.69. The molecule has 0 spiro atoms. The zero-order valence-electron chi connectivity index (χ0n) is 19.8. The van der Waals surface area contributed by atoms with Crippen LogP contribution in [0.3, 0.4) is 0 Å². The highest BCUT2D eigenvalue weighted by molar-refractivity contribution is 7.90. The Kier molecular flexibility index (Phi) is 8.09. The Morgan fingerprint density at radius 2 is 1.76 bits per heavy atom. The number of nitrogens with one attached hydrogen (secondary N) is 1. The number of fused-ring (bicyclic) bond motifs is 1. The van der Waals surface area contributed by atoms with E-state index in [1.165, 1.54) is 17.0 Å². The van der Waals surface area contributed by atoms with Gasteiger partial charge in [0, 0.05) is 26.1 Å². The second kappa shape index (κ2) is 10.8. The molecule has 3 rings (SSSR count). The summed E-state index contributed by atoms with van der Waals surface area (Å²) in [4.78, 5) is 39.8. The third-order valence-corrected chi connectivity index (χ3v) is 7.69. The van der Waals surface area contributed by atoms with Crippen molar-refractivity contribution in [1.29, 1.82) is 0 Å². The Morgan fingerprint density at radius 1 is 1.09 bits per heavy atom. The van der Waals surface area contributed by atoms with Crippen molar-refractivity contribution in [1.82, 2.24) is 14.5 Å². The topological polar surface area (TPSA) is 104 Å². The van der Waals surface area contributed by atoms with E-state index < -0.39 is 22.0 Å². The summed E-state index contributed by atoms with van der Waals surface area (Å²) in [6.45, 7) is 6.28. The number of benzene rings is 2. The zero-order valence-corrected chi connectivity index (χ0v) is 20.6. The minimum absolute atomic E-state index is 0.00598. The number of aryl methyl sites for hydroxylation is 1. The molecule has 0 saturated carbocycles. The van der Waals surface area contributed by atoms with Crippen LogP contribution in [0, 0.1) is 6.92 Å². The van der Waals surface area contributed by atoms with Gasteiger partial charge in [-0.1, -0.05) is 48.9 Å². The average Bonchev–Trinajstić information content (AvgIpc) is 3.02. The van der Waals surface area contributed by atoms with E-state index in [0.717, 1.165) is 21.9 Å². The summed E-state index contributed by atoms with van der Waals surface area (Å²) in [5, 5.41) is 2.82. The third-order valence-electron chi connectivity index (χ3n) is 5.85. The fraction of sp³-hybridized carbons (Fsp3) is 0.400. The number of carbonyl (C=O) groups is 3. The summed E-state index contributed by atoms with van der Waals surface area (Å²) < 4.78 is 26.3. The fourth-order valence-electron chi connectivity index (χ4n) is 3.84. The SMILES string of the molecule is CCCNC(=O)C(C)N(Cc1ccc(C)cc1)C(=O)CCCN1C(=O)c2ccccc2S1(=O)=O. The van der Waals surface area contributed by atoms with Gasteiger partial charge < -0.3 is 10.2 Å². The van der Waals surface area contributed by atoms with Crippen LogP contribution in [0.2, 0.25) is 0 Å². The predicted molar refractivity (Wildman–Crippen MR) is 128 cm³/mol. The molecule has 0 fully saturated rings. The predicted octanol–water partition coefficient (Wildman–Crippen LogP) is 2.86. The van der Waals surface area contributed by atoms with Gasteiger partial charge in [0.2, 0.25) is 11.8 Å². The molecule has 1 atom stereocenters. The second-order valence-corrected chi connectivity index (χ2v) is 10.3. The number of rotatable bonds is 10. The molecule has 34 heavy (non-hydrogen) atoms. The van der Waals surface area contributed by atoms with E-state index in [-0.39, 0.29) is 48.2 Å². The first-order valence-electron chi connectivity index (χ1n) is 11.5. The van der Waals surface area contributed by atoms with Crippen LogP contribution in [0.25, 0.3) is 0 Å². The zero-order chi connectivity index (χ0) is 24.9. The van der Waals surface area contributed by atoms with E-state index in [1.807, 2.05) is 38.1 Å². The number of sulfonamides is 1. The summed E-state index contributed by atoms with van der Waals surface area (Å²) in [5.74, 6) is -1.09. The molecule has 8 nitrogen and oxygen atoms in total. The Bertz CT molecular complexity index is 1160. The summed E-state index contributed by atoms with van der Waals surface area (Å²) in [7, 11) is -3.91. The molecule has 3 amide bonds. The van der Waals surface area contributed by atoms with Crippen molar-refractivity contribution in [2.24, 2.45) is 0 Å². The number of carbonyl (C=O) groups excluding carboxylic acids is 3. The van der Waals surface area contributed by atoms with Crippen molar-refractivity contribution in [2.45, 2.75) is 57.5 Å². The van der Waals surface area contributed by atoms with E-state index in [1.54, 1.807) is 19.1 Å². The van der Waals surface area contributed by atoms with Gasteiger partial charge in [-0.05, 0) is 44.4 Å². The lowest BCUT2D eigenvalue weighted by atomic mass is 10.1. The standard InChI is InChI=1S/C25H31N3O5S/c1-4-15-26-24(30)19(3)27(17-20-13-11-18(2)12-14-20)23(29)10-7-16-28-25(31)21-8-5-6-9-22(21)34(28,32)33/h5-6,8-9,11-14,19H,4,7,10,15-17H2,1-3H3,(H,26,30). The number of hydrogen-bond acceptors (Lipinski definition) is 5. The lowest BCUT2D eigenvalue weighted by Crippen LogP contribution is -2.47. The van der Waals surface area contributed by atoms with Gasteiger partial charge in [-0.15, -0.1) is 0 Å². The molecule has 1 aliphatic rings. The van der Waals surface area contributed by atoms with Gasteiger partial charge in [0.1, 0.15) is 10.9 Å². The molecule has 9 heteroatoms. The van der Waals surface area contributed by atoms with E-state index in [2.05, 4.69) is 5.32 Å². The van der Waals surface area contributed by atoms with E-state index >= 15 is 0 Å². The van der Waals surface area contributed by atoms with Gasteiger partial charge in [0.15, 0.2) is 0 Å². The van der Waals surface area contributed by atoms with Crippen molar-refractivity contribution >= 4 is 27.7 Å². The smallest absolute Gasteiger partial charge is 0.269 e. The lowest BCUT2D eigenvalue weighted by molar-refractivity contribution is -0.140. The fourth-order valence-corrected chi connectivity index (χ4v) is 5.45.